The van der Waals surface area contributed by atoms with E-state index in [0.29, 0.717) is 12.0 Å². The first-order chi connectivity index (χ1) is 7.40. The van der Waals surface area contributed by atoms with Crippen LogP contribution in [0.4, 0.5) is 0 Å². The van der Waals surface area contributed by atoms with Crippen molar-refractivity contribution in [2.24, 2.45) is 5.14 Å². The molecule has 0 aromatic heterocycles. The second kappa shape index (κ2) is 4.63. The van der Waals surface area contributed by atoms with Crippen molar-refractivity contribution in [1.82, 2.24) is 5.32 Å². The van der Waals surface area contributed by atoms with Crippen molar-refractivity contribution in [2.75, 3.05) is 7.05 Å². The van der Waals surface area contributed by atoms with Crippen molar-refractivity contribution in [2.45, 2.75) is 18.2 Å². The van der Waals surface area contributed by atoms with E-state index in [1.165, 1.54) is 19.2 Å². The predicted molar refractivity (Wildman–Crippen MR) is 60.6 cm³/mol. The molecule has 1 rings (SSSR count). The molecule has 0 radical (unpaired) electrons. The molecule has 0 unspecified atom stereocenters. The van der Waals surface area contributed by atoms with Crippen molar-refractivity contribution in [3.63, 3.8) is 0 Å². The first-order valence-electron chi connectivity index (χ1n) is 4.78. The molecule has 0 bridgehead atoms. The summed E-state index contributed by atoms with van der Waals surface area (Å²) in [4.78, 5) is 11.5. The van der Waals surface area contributed by atoms with E-state index < -0.39 is 10.0 Å². The number of nitrogens with one attached hydrogen (secondary N) is 1. The lowest BCUT2D eigenvalue weighted by Gasteiger charge is -2.08. The van der Waals surface area contributed by atoms with Crippen molar-refractivity contribution >= 4 is 15.9 Å². The highest BCUT2D eigenvalue weighted by Crippen LogP contribution is 2.15. The highest BCUT2D eigenvalue weighted by atomic mass is 32.2. The van der Waals surface area contributed by atoms with E-state index in [4.69, 9.17) is 5.14 Å². The van der Waals surface area contributed by atoms with Crippen LogP contribution in [0.1, 0.15) is 22.8 Å². The maximum absolute atomic E-state index is 11.5. The fourth-order valence-electron chi connectivity index (χ4n) is 1.39. The van der Waals surface area contributed by atoms with Gasteiger partial charge in [0.1, 0.15) is 0 Å². The van der Waals surface area contributed by atoms with Crippen molar-refractivity contribution < 1.29 is 13.2 Å². The number of rotatable bonds is 3. The zero-order chi connectivity index (χ0) is 12.3. The molecule has 0 saturated carbocycles. The average Bonchev–Trinajstić information content (AvgIpc) is 2.25. The van der Waals surface area contributed by atoms with Gasteiger partial charge in [0.05, 0.1) is 4.90 Å². The highest BCUT2D eigenvalue weighted by Gasteiger charge is 2.14. The maximum Gasteiger partial charge on any atom is 0.251 e. The summed E-state index contributed by atoms with van der Waals surface area (Å²) in [5, 5.41) is 7.46. The van der Waals surface area contributed by atoms with Crippen LogP contribution in [-0.4, -0.2) is 21.4 Å². The second-order valence-corrected chi connectivity index (χ2v) is 4.86. The molecule has 0 aliphatic rings. The lowest BCUT2D eigenvalue weighted by Crippen LogP contribution is -2.21. The minimum absolute atomic E-state index is 0.0525. The SMILES string of the molecule is CCc1ccc(S(N)(=O)=O)cc1C(=O)NC. The Morgan fingerprint density at radius 1 is 1.44 bits per heavy atom. The molecule has 3 N–H and O–H groups in total. The Balaban J connectivity index is 3.38. The molecule has 1 aromatic rings. The van der Waals surface area contributed by atoms with Gasteiger partial charge in [-0.1, -0.05) is 13.0 Å². The van der Waals surface area contributed by atoms with Gasteiger partial charge in [-0.15, -0.1) is 0 Å². The third-order valence-corrected chi connectivity index (χ3v) is 3.17. The van der Waals surface area contributed by atoms with Crippen LogP contribution >= 0.6 is 0 Å². The Kier molecular flexibility index (Phi) is 3.66. The molecular formula is C10H14N2O3S. The van der Waals surface area contributed by atoms with Crippen molar-refractivity contribution in [3.05, 3.63) is 29.3 Å². The molecule has 0 aliphatic carbocycles. The standard InChI is InChI=1S/C10H14N2O3S/c1-3-7-4-5-8(16(11,14)15)6-9(7)10(13)12-2/h4-6H,3H2,1-2H3,(H,12,13)(H2,11,14,15). The summed E-state index contributed by atoms with van der Waals surface area (Å²) in [5.41, 5.74) is 1.13. The predicted octanol–water partition coefficient (Wildman–Crippen LogP) is 0.256. The summed E-state index contributed by atoms with van der Waals surface area (Å²) in [6.07, 6.45) is 0.646. The number of nitrogens with two attached hydrogens (primary N) is 1. The van der Waals surface area contributed by atoms with Crippen LogP contribution in [0.3, 0.4) is 0 Å². The van der Waals surface area contributed by atoms with Gasteiger partial charge >= 0.3 is 0 Å². The van der Waals surface area contributed by atoms with Crippen LogP contribution in [0.2, 0.25) is 0 Å². The third-order valence-electron chi connectivity index (χ3n) is 2.26. The maximum atomic E-state index is 11.5. The first-order valence-corrected chi connectivity index (χ1v) is 6.32. The number of sulfonamides is 1. The van der Waals surface area contributed by atoms with E-state index in [9.17, 15) is 13.2 Å². The molecule has 0 spiro atoms. The van der Waals surface area contributed by atoms with Gasteiger partial charge in [-0.25, -0.2) is 13.6 Å². The van der Waals surface area contributed by atoms with E-state index in [1.807, 2.05) is 6.92 Å². The lowest BCUT2D eigenvalue weighted by molar-refractivity contribution is 0.0962. The van der Waals surface area contributed by atoms with E-state index in [2.05, 4.69) is 5.32 Å². The second-order valence-electron chi connectivity index (χ2n) is 3.30. The molecule has 0 heterocycles. The van der Waals surface area contributed by atoms with Gasteiger partial charge in [0.2, 0.25) is 10.0 Å². The summed E-state index contributed by atoms with van der Waals surface area (Å²) in [6.45, 7) is 1.89. The van der Waals surface area contributed by atoms with E-state index in [-0.39, 0.29) is 10.8 Å². The Bertz CT molecular complexity index is 509. The molecule has 6 heteroatoms. The van der Waals surface area contributed by atoms with E-state index >= 15 is 0 Å². The number of hydrogen-bond acceptors (Lipinski definition) is 3. The number of aryl methyl sites for hydroxylation is 1. The summed E-state index contributed by atoms with van der Waals surface area (Å²) >= 11 is 0. The number of benzene rings is 1. The largest absolute Gasteiger partial charge is 0.355 e. The molecule has 0 saturated heterocycles. The Morgan fingerprint density at radius 2 is 2.06 bits per heavy atom. The Hall–Kier alpha value is -1.40. The Labute approximate surface area is 94.7 Å². The lowest BCUT2D eigenvalue weighted by atomic mass is 10.0. The smallest absolute Gasteiger partial charge is 0.251 e. The van der Waals surface area contributed by atoms with Gasteiger partial charge in [0.25, 0.3) is 5.91 Å². The van der Waals surface area contributed by atoms with Crippen LogP contribution in [-0.2, 0) is 16.4 Å². The molecule has 0 atom stereocenters. The number of hydrogen-bond donors (Lipinski definition) is 2. The zero-order valence-electron chi connectivity index (χ0n) is 9.15. The average molecular weight is 242 g/mol. The fraction of sp³-hybridized carbons (Fsp3) is 0.300. The van der Waals surface area contributed by atoms with Crippen LogP contribution in [0.15, 0.2) is 23.1 Å². The van der Waals surface area contributed by atoms with E-state index in [0.717, 1.165) is 5.56 Å². The monoisotopic (exact) mass is 242 g/mol. The van der Waals surface area contributed by atoms with Gasteiger partial charge in [-0.3, -0.25) is 4.79 Å². The highest BCUT2D eigenvalue weighted by molar-refractivity contribution is 7.89. The topological polar surface area (TPSA) is 89.3 Å². The van der Waals surface area contributed by atoms with Crippen LogP contribution in [0.25, 0.3) is 0 Å². The number of primary sulfonamides is 1. The van der Waals surface area contributed by atoms with Gasteiger partial charge < -0.3 is 5.32 Å². The molecule has 0 fully saturated rings. The Morgan fingerprint density at radius 3 is 2.50 bits per heavy atom. The van der Waals surface area contributed by atoms with Crippen molar-refractivity contribution in [3.8, 4) is 0 Å². The van der Waals surface area contributed by atoms with Crippen LogP contribution in [0.5, 0.6) is 0 Å². The third kappa shape index (κ3) is 2.59. The number of carbonyl (C=O) groups excluding carboxylic acids is 1. The van der Waals surface area contributed by atoms with Crippen LogP contribution < -0.4 is 10.5 Å². The van der Waals surface area contributed by atoms with Crippen LogP contribution in [0, 0.1) is 0 Å². The minimum Gasteiger partial charge on any atom is -0.355 e. The molecule has 1 aromatic carbocycles. The van der Waals surface area contributed by atoms with Gasteiger partial charge in [-0.2, -0.15) is 0 Å². The molecule has 1 amide bonds. The summed E-state index contributed by atoms with van der Waals surface area (Å²) in [7, 11) is -2.28. The molecule has 88 valence electrons. The quantitative estimate of drug-likeness (QED) is 0.796. The zero-order valence-corrected chi connectivity index (χ0v) is 9.97. The minimum atomic E-state index is -3.77. The first kappa shape index (κ1) is 12.7. The molecule has 0 aliphatic heterocycles. The van der Waals surface area contributed by atoms with Gasteiger partial charge in [0, 0.05) is 12.6 Å². The summed E-state index contributed by atoms with van der Waals surface area (Å²) in [6, 6.07) is 4.30. The number of amides is 1. The summed E-state index contributed by atoms with van der Waals surface area (Å²) < 4.78 is 22.3. The van der Waals surface area contributed by atoms with Gasteiger partial charge in [0.15, 0.2) is 0 Å². The molecular weight excluding hydrogens is 228 g/mol. The molecule has 5 nitrogen and oxygen atoms in total. The number of carbonyl (C=O) groups is 1. The normalized spacial score (nSPS) is 11.2. The van der Waals surface area contributed by atoms with Gasteiger partial charge in [-0.05, 0) is 24.1 Å². The molecule has 16 heavy (non-hydrogen) atoms. The van der Waals surface area contributed by atoms with E-state index in [1.54, 1.807) is 6.07 Å². The summed E-state index contributed by atoms with van der Waals surface area (Å²) in [5.74, 6) is -0.317. The van der Waals surface area contributed by atoms with Crippen molar-refractivity contribution in [1.29, 1.82) is 0 Å². The fourth-order valence-corrected chi connectivity index (χ4v) is 1.93.